The van der Waals surface area contributed by atoms with Crippen LogP contribution in [0, 0.1) is 6.92 Å². The summed E-state index contributed by atoms with van der Waals surface area (Å²) in [5.74, 6) is 1.46. The average molecular weight is 226 g/mol. The minimum absolute atomic E-state index is 0.730. The first-order chi connectivity index (χ1) is 8.27. The van der Waals surface area contributed by atoms with E-state index in [-0.39, 0.29) is 0 Å². The maximum absolute atomic E-state index is 9.83. The molecule has 1 aliphatic rings. The monoisotopic (exact) mass is 226 g/mol. The number of hydrogen-bond donors (Lipinski definition) is 1. The summed E-state index contributed by atoms with van der Waals surface area (Å²) in [7, 11) is 0. The van der Waals surface area contributed by atoms with E-state index in [1.807, 2.05) is 48.5 Å². The Morgan fingerprint density at radius 2 is 1.41 bits per heavy atom. The van der Waals surface area contributed by atoms with Crippen molar-refractivity contribution in [2.75, 3.05) is 4.90 Å². The van der Waals surface area contributed by atoms with Crippen LogP contribution < -0.4 is 9.64 Å². The van der Waals surface area contributed by atoms with Gasteiger partial charge in [0.05, 0.1) is 11.4 Å². The highest BCUT2D eigenvalue weighted by molar-refractivity contribution is 5.78. The molecule has 1 N–H and O–H groups in total. The molecule has 3 heteroatoms. The number of nitrogens with zero attached hydrogens (tertiary/aromatic N) is 1. The molecule has 0 saturated carbocycles. The average Bonchev–Trinajstić information content (AvgIpc) is 2.35. The number of rotatable bonds is 1. The van der Waals surface area contributed by atoms with E-state index in [2.05, 4.69) is 6.92 Å². The van der Waals surface area contributed by atoms with Gasteiger partial charge in [-0.25, -0.2) is 0 Å². The van der Waals surface area contributed by atoms with Crippen molar-refractivity contribution in [2.45, 2.75) is 6.23 Å². The van der Waals surface area contributed by atoms with Gasteiger partial charge in [-0.3, -0.25) is 0 Å². The zero-order valence-electron chi connectivity index (χ0n) is 9.21. The third-order valence-electron chi connectivity index (χ3n) is 2.77. The van der Waals surface area contributed by atoms with Crippen LogP contribution in [0.1, 0.15) is 0 Å². The van der Waals surface area contributed by atoms with Crippen molar-refractivity contribution >= 4 is 11.4 Å². The van der Waals surface area contributed by atoms with Crippen molar-refractivity contribution in [3.05, 3.63) is 55.5 Å². The van der Waals surface area contributed by atoms with Gasteiger partial charge >= 0.3 is 0 Å². The lowest BCUT2D eigenvalue weighted by atomic mass is 10.1. The molecular weight excluding hydrogens is 214 g/mol. The largest absolute Gasteiger partial charge is 0.453 e. The van der Waals surface area contributed by atoms with E-state index in [4.69, 9.17) is 4.74 Å². The number of aliphatic hydroxyl groups excluding tert-OH is 1. The van der Waals surface area contributed by atoms with E-state index in [0.29, 0.717) is 0 Å². The molecule has 3 rings (SSSR count). The lowest BCUT2D eigenvalue weighted by Crippen LogP contribution is -2.30. The molecule has 0 fully saturated rings. The Morgan fingerprint density at radius 1 is 0.941 bits per heavy atom. The molecule has 1 aliphatic heterocycles. The van der Waals surface area contributed by atoms with E-state index < -0.39 is 6.23 Å². The molecule has 17 heavy (non-hydrogen) atoms. The summed E-state index contributed by atoms with van der Waals surface area (Å²) in [6.07, 6.45) is -0.846. The summed E-state index contributed by atoms with van der Waals surface area (Å²) in [5, 5.41) is 9.83. The Labute approximate surface area is 99.9 Å². The van der Waals surface area contributed by atoms with Crippen molar-refractivity contribution in [1.82, 2.24) is 0 Å². The fourth-order valence-corrected chi connectivity index (χ4v) is 2.05. The fraction of sp³-hybridized carbons (Fsp3) is 0.0714. The van der Waals surface area contributed by atoms with Gasteiger partial charge in [0.1, 0.15) is 6.23 Å². The van der Waals surface area contributed by atoms with Crippen molar-refractivity contribution in [1.29, 1.82) is 0 Å². The highest BCUT2D eigenvalue weighted by Crippen LogP contribution is 2.46. The van der Waals surface area contributed by atoms with Crippen LogP contribution in [0.2, 0.25) is 0 Å². The lowest BCUT2D eigenvalue weighted by Gasteiger charge is -2.34. The zero-order chi connectivity index (χ0) is 11.8. The third-order valence-corrected chi connectivity index (χ3v) is 2.77. The van der Waals surface area contributed by atoms with Gasteiger partial charge in [-0.1, -0.05) is 24.3 Å². The lowest BCUT2D eigenvalue weighted by molar-refractivity contribution is 0.224. The van der Waals surface area contributed by atoms with Crippen LogP contribution in [0.15, 0.2) is 48.5 Å². The Kier molecular flexibility index (Phi) is 2.27. The van der Waals surface area contributed by atoms with E-state index in [1.54, 1.807) is 4.90 Å². The summed E-state index contributed by atoms with van der Waals surface area (Å²) in [6, 6.07) is 15.2. The van der Waals surface area contributed by atoms with Gasteiger partial charge in [-0.15, -0.1) is 0 Å². The van der Waals surface area contributed by atoms with Crippen molar-refractivity contribution in [2.24, 2.45) is 0 Å². The normalized spacial score (nSPS) is 14.6. The number of aliphatic hydroxyl groups is 1. The molecule has 3 nitrogen and oxygen atoms in total. The number of ether oxygens (including phenoxy) is 1. The highest BCUT2D eigenvalue weighted by Gasteiger charge is 2.26. The summed E-state index contributed by atoms with van der Waals surface area (Å²) < 4.78 is 5.78. The van der Waals surface area contributed by atoms with E-state index in [0.717, 1.165) is 22.9 Å². The van der Waals surface area contributed by atoms with Crippen LogP contribution in [0.25, 0.3) is 0 Å². The molecule has 1 unspecified atom stereocenters. The first kappa shape index (κ1) is 10.2. The summed E-state index contributed by atoms with van der Waals surface area (Å²) in [6.45, 7) is 3.69. The molecule has 0 amide bonds. The molecule has 1 atom stereocenters. The quantitative estimate of drug-likeness (QED) is 0.811. The van der Waals surface area contributed by atoms with Gasteiger partial charge in [0.25, 0.3) is 0 Å². The van der Waals surface area contributed by atoms with Gasteiger partial charge < -0.3 is 14.7 Å². The predicted molar refractivity (Wildman–Crippen MR) is 66.5 cm³/mol. The second-order valence-corrected chi connectivity index (χ2v) is 3.89. The number of hydrogen-bond acceptors (Lipinski definition) is 3. The molecule has 1 radical (unpaired) electrons. The first-order valence-electron chi connectivity index (χ1n) is 5.43. The molecule has 2 aromatic carbocycles. The number of anilines is 2. The van der Waals surface area contributed by atoms with Crippen LogP contribution in [-0.4, -0.2) is 11.3 Å². The predicted octanol–water partition coefficient (Wildman–Crippen LogP) is 3.08. The van der Waals surface area contributed by atoms with Crippen LogP contribution in [0.5, 0.6) is 11.5 Å². The molecule has 1 heterocycles. The van der Waals surface area contributed by atoms with Gasteiger partial charge in [0.2, 0.25) is 0 Å². The molecule has 0 bridgehead atoms. The second-order valence-electron chi connectivity index (χ2n) is 3.89. The van der Waals surface area contributed by atoms with E-state index in [9.17, 15) is 5.11 Å². The van der Waals surface area contributed by atoms with Gasteiger partial charge in [0, 0.05) is 0 Å². The number of benzene rings is 2. The van der Waals surface area contributed by atoms with Crippen molar-refractivity contribution in [3.63, 3.8) is 0 Å². The van der Waals surface area contributed by atoms with E-state index >= 15 is 0 Å². The van der Waals surface area contributed by atoms with Crippen molar-refractivity contribution in [3.8, 4) is 11.5 Å². The first-order valence-corrected chi connectivity index (χ1v) is 5.43. The Hall–Kier alpha value is -2.00. The molecule has 0 saturated heterocycles. The maximum Gasteiger partial charge on any atom is 0.151 e. The zero-order valence-corrected chi connectivity index (χ0v) is 9.21. The topological polar surface area (TPSA) is 32.7 Å². The number of para-hydroxylation sites is 4. The molecule has 0 spiro atoms. The molecule has 0 aliphatic carbocycles. The van der Waals surface area contributed by atoms with Crippen LogP contribution >= 0.6 is 0 Å². The third kappa shape index (κ3) is 1.56. The summed E-state index contributed by atoms with van der Waals surface area (Å²) in [5.41, 5.74) is 1.66. The maximum atomic E-state index is 9.83. The minimum Gasteiger partial charge on any atom is -0.453 e. The molecular formula is C14H12NO2. The minimum atomic E-state index is -0.846. The van der Waals surface area contributed by atoms with Gasteiger partial charge in [-0.05, 0) is 31.2 Å². The number of fused-ring (bicyclic) bond motifs is 2. The smallest absolute Gasteiger partial charge is 0.151 e. The van der Waals surface area contributed by atoms with Crippen LogP contribution in [0.3, 0.4) is 0 Å². The Balaban J connectivity index is 2.21. The molecule has 85 valence electrons. The second kappa shape index (κ2) is 3.79. The molecule has 2 aromatic rings. The van der Waals surface area contributed by atoms with Crippen LogP contribution in [-0.2, 0) is 0 Å². The van der Waals surface area contributed by atoms with E-state index in [1.165, 1.54) is 0 Å². The Morgan fingerprint density at radius 3 is 1.88 bits per heavy atom. The van der Waals surface area contributed by atoms with Crippen molar-refractivity contribution < 1.29 is 9.84 Å². The summed E-state index contributed by atoms with van der Waals surface area (Å²) in [4.78, 5) is 1.76. The van der Waals surface area contributed by atoms with Gasteiger partial charge in [-0.2, -0.15) is 0 Å². The highest BCUT2D eigenvalue weighted by atomic mass is 16.5. The van der Waals surface area contributed by atoms with Gasteiger partial charge in [0.15, 0.2) is 11.5 Å². The molecule has 0 aromatic heterocycles. The fourth-order valence-electron chi connectivity index (χ4n) is 2.05. The summed E-state index contributed by atoms with van der Waals surface area (Å²) >= 11 is 0. The SMILES string of the molecule is [CH2]C(O)N1c2ccccc2Oc2ccccc21. The van der Waals surface area contributed by atoms with Crippen LogP contribution in [0.4, 0.5) is 11.4 Å². The standard InChI is InChI=1S/C14H12NO2/c1-10(16)15-11-6-2-4-8-13(11)17-14-9-5-3-7-12(14)15/h2-10,16H,1H2. The Bertz CT molecular complexity index is 506.